The van der Waals surface area contributed by atoms with E-state index in [0.29, 0.717) is 40.9 Å². The molecule has 0 aliphatic rings. The number of hydrogen-bond acceptors (Lipinski definition) is 3. The maximum absolute atomic E-state index is 13.5. The van der Waals surface area contributed by atoms with Crippen molar-refractivity contribution in [2.75, 3.05) is 7.11 Å². The molecule has 0 saturated heterocycles. The van der Waals surface area contributed by atoms with Crippen LogP contribution in [0.15, 0.2) is 66.9 Å². The minimum atomic E-state index is -0.932. The Hall–Kier alpha value is -4.18. The molecule has 1 heterocycles. The molecular formula is C24H17F2N3O2. The molecule has 0 radical (unpaired) electrons. The molecule has 5 nitrogen and oxygen atoms in total. The van der Waals surface area contributed by atoms with E-state index in [1.54, 1.807) is 31.5 Å². The SMILES string of the molecule is [C-]#[N+]c1ccc(COc2ccc(-c3cnc(-c4ccc(F)c(F)c4)[nH]3)c(OC)c2)cc1. The third-order valence-corrected chi connectivity index (χ3v) is 4.70. The zero-order valence-electron chi connectivity index (χ0n) is 16.5. The van der Waals surface area contributed by atoms with Crippen LogP contribution in [0, 0.1) is 18.2 Å². The van der Waals surface area contributed by atoms with Gasteiger partial charge in [0.05, 0.1) is 25.6 Å². The van der Waals surface area contributed by atoms with Crippen molar-refractivity contribution in [1.29, 1.82) is 0 Å². The summed E-state index contributed by atoms with van der Waals surface area (Å²) in [4.78, 5) is 10.7. The fourth-order valence-electron chi connectivity index (χ4n) is 3.07. The molecule has 0 aliphatic heterocycles. The molecule has 0 bridgehead atoms. The van der Waals surface area contributed by atoms with Crippen molar-refractivity contribution < 1.29 is 18.3 Å². The first kappa shape index (κ1) is 20.1. The Balaban J connectivity index is 1.53. The molecule has 4 rings (SSSR count). The summed E-state index contributed by atoms with van der Waals surface area (Å²) >= 11 is 0. The van der Waals surface area contributed by atoms with E-state index in [-0.39, 0.29) is 0 Å². The number of H-pyrrole nitrogens is 1. The van der Waals surface area contributed by atoms with Gasteiger partial charge in [-0.25, -0.2) is 18.6 Å². The summed E-state index contributed by atoms with van der Waals surface area (Å²) in [5.74, 6) is -0.232. The molecule has 0 atom stereocenters. The maximum atomic E-state index is 13.5. The van der Waals surface area contributed by atoms with Gasteiger partial charge in [-0.1, -0.05) is 24.3 Å². The predicted octanol–water partition coefficient (Wildman–Crippen LogP) is 6.16. The van der Waals surface area contributed by atoms with Crippen LogP contribution in [-0.2, 0) is 6.61 Å². The quantitative estimate of drug-likeness (QED) is 0.382. The maximum Gasteiger partial charge on any atom is 0.187 e. The van der Waals surface area contributed by atoms with Gasteiger partial charge in [0.1, 0.15) is 23.9 Å². The smallest absolute Gasteiger partial charge is 0.187 e. The number of aromatic nitrogens is 2. The van der Waals surface area contributed by atoms with Gasteiger partial charge in [0.15, 0.2) is 17.3 Å². The first-order valence-corrected chi connectivity index (χ1v) is 9.35. The number of ether oxygens (including phenoxy) is 2. The lowest BCUT2D eigenvalue weighted by Gasteiger charge is -2.11. The fourth-order valence-corrected chi connectivity index (χ4v) is 3.07. The number of imidazole rings is 1. The lowest BCUT2D eigenvalue weighted by Crippen LogP contribution is -1.96. The second kappa shape index (κ2) is 8.67. The van der Waals surface area contributed by atoms with Crippen LogP contribution in [0.1, 0.15) is 5.56 Å². The fraction of sp³-hybridized carbons (Fsp3) is 0.0833. The lowest BCUT2D eigenvalue weighted by atomic mass is 10.1. The van der Waals surface area contributed by atoms with Crippen molar-refractivity contribution >= 4 is 5.69 Å². The zero-order chi connectivity index (χ0) is 21.8. The van der Waals surface area contributed by atoms with E-state index in [4.69, 9.17) is 16.0 Å². The van der Waals surface area contributed by atoms with Gasteiger partial charge >= 0.3 is 0 Å². The van der Waals surface area contributed by atoms with Crippen LogP contribution in [0.25, 0.3) is 27.5 Å². The number of hydrogen-bond donors (Lipinski definition) is 1. The van der Waals surface area contributed by atoms with E-state index in [2.05, 4.69) is 14.8 Å². The molecule has 3 aromatic carbocycles. The van der Waals surface area contributed by atoms with Gasteiger partial charge in [-0.2, -0.15) is 0 Å². The highest BCUT2D eigenvalue weighted by molar-refractivity contribution is 5.70. The van der Waals surface area contributed by atoms with Gasteiger partial charge in [0.2, 0.25) is 0 Å². The number of aromatic amines is 1. The monoisotopic (exact) mass is 417 g/mol. The van der Waals surface area contributed by atoms with E-state index in [0.717, 1.165) is 23.3 Å². The summed E-state index contributed by atoms with van der Waals surface area (Å²) in [5.41, 5.74) is 3.38. The second-order valence-electron chi connectivity index (χ2n) is 6.70. The molecule has 0 spiro atoms. The minimum Gasteiger partial charge on any atom is -0.496 e. The minimum absolute atomic E-state index is 0.352. The third-order valence-electron chi connectivity index (χ3n) is 4.70. The first-order valence-electron chi connectivity index (χ1n) is 9.35. The highest BCUT2D eigenvalue weighted by atomic mass is 19.2. The van der Waals surface area contributed by atoms with Crippen LogP contribution >= 0.6 is 0 Å². The topological polar surface area (TPSA) is 51.5 Å². The molecule has 0 amide bonds. The Bertz CT molecular complexity index is 1260. The number of nitrogens with one attached hydrogen (secondary N) is 1. The van der Waals surface area contributed by atoms with E-state index in [1.165, 1.54) is 6.07 Å². The molecule has 4 aromatic rings. The van der Waals surface area contributed by atoms with Gasteiger partial charge in [0.25, 0.3) is 0 Å². The van der Waals surface area contributed by atoms with Crippen molar-refractivity contribution in [3.05, 3.63) is 95.5 Å². The second-order valence-corrected chi connectivity index (χ2v) is 6.70. The van der Waals surface area contributed by atoms with E-state index < -0.39 is 11.6 Å². The van der Waals surface area contributed by atoms with Crippen molar-refractivity contribution in [3.8, 4) is 34.1 Å². The van der Waals surface area contributed by atoms with Crippen molar-refractivity contribution in [2.24, 2.45) is 0 Å². The van der Waals surface area contributed by atoms with Crippen LogP contribution < -0.4 is 9.47 Å². The summed E-state index contributed by atoms with van der Waals surface area (Å²) in [7, 11) is 1.55. The third kappa shape index (κ3) is 4.38. The summed E-state index contributed by atoms with van der Waals surface area (Å²) in [5, 5.41) is 0. The normalized spacial score (nSPS) is 10.5. The molecule has 0 unspecified atom stereocenters. The first-order chi connectivity index (χ1) is 15.1. The Morgan fingerprint density at radius 1 is 1.00 bits per heavy atom. The highest BCUT2D eigenvalue weighted by Crippen LogP contribution is 2.34. The molecule has 154 valence electrons. The number of methoxy groups -OCH3 is 1. The van der Waals surface area contributed by atoms with Crippen LogP contribution in [0.5, 0.6) is 11.5 Å². The molecule has 0 fully saturated rings. The molecule has 1 aromatic heterocycles. The number of rotatable bonds is 6. The van der Waals surface area contributed by atoms with E-state index in [9.17, 15) is 8.78 Å². The van der Waals surface area contributed by atoms with Crippen LogP contribution in [0.4, 0.5) is 14.5 Å². The number of nitrogens with zero attached hydrogens (tertiary/aromatic N) is 2. The van der Waals surface area contributed by atoms with Gasteiger partial charge in [-0.15, -0.1) is 0 Å². The Morgan fingerprint density at radius 3 is 2.52 bits per heavy atom. The summed E-state index contributed by atoms with van der Waals surface area (Å²) < 4.78 is 38.0. The average molecular weight is 417 g/mol. The van der Waals surface area contributed by atoms with Crippen molar-refractivity contribution in [3.63, 3.8) is 0 Å². The summed E-state index contributed by atoms with van der Waals surface area (Å²) in [6.07, 6.45) is 1.61. The Labute approximate surface area is 177 Å². The molecule has 31 heavy (non-hydrogen) atoms. The van der Waals surface area contributed by atoms with Crippen molar-refractivity contribution in [1.82, 2.24) is 9.97 Å². The molecule has 0 saturated carbocycles. The van der Waals surface area contributed by atoms with Gasteiger partial charge in [0, 0.05) is 17.2 Å². The molecule has 0 aliphatic carbocycles. The Kier molecular flexibility index (Phi) is 5.63. The van der Waals surface area contributed by atoms with Crippen molar-refractivity contribution in [2.45, 2.75) is 6.61 Å². The van der Waals surface area contributed by atoms with Gasteiger partial charge in [-0.3, -0.25) is 0 Å². The average Bonchev–Trinajstić information content (AvgIpc) is 3.29. The number of benzene rings is 3. The van der Waals surface area contributed by atoms with E-state index >= 15 is 0 Å². The molecular weight excluding hydrogens is 400 g/mol. The van der Waals surface area contributed by atoms with Gasteiger partial charge < -0.3 is 14.5 Å². The summed E-state index contributed by atoms with van der Waals surface area (Å²) in [6.45, 7) is 7.35. The van der Waals surface area contributed by atoms with Gasteiger partial charge in [-0.05, 0) is 35.9 Å². The molecule has 1 N–H and O–H groups in total. The largest absolute Gasteiger partial charge is 0.496 e. The van der Waals surface area contributed by atoms with E-state index in [1.807, 2.05) is 24.3 Å². The standard InChI is InChI=1S/C24H17F2N3O2/c1-27-17-6-3-15(4-7-17)14-31-18-8-9-19(23(12-18)30-2)22-13-28-24(29-22)16-5-10-20(25)21(26)11-16/h3-13H,14H2,2H3,(H,28,29). The zero-order valence-corrected chi connectivity index (χ0v) is 16.5. The molecule has 7 heteroatoms. The lowest BCUT2D eigenvalue weighted by molar-refractivity contribution is 0.304. The van der Waals surface area contributed by atoms with Crippen LogP contribution in [0.3, 0.4) is 0 Å². The Morgan fingerprint density at radius 2 is 1.81 bits per heavy atom. The predicted molar refractivity (Wildman–Crippen MR) is 113 cm³/mol. The summed E-state index contributed by atoms with van der Waals surface area (Å²) in [6, 6.07) is 16.2. The van der Waals surface area contributed by atoms with Crippen LogP contribution in [0.2, 0.25) is 0 Å². The number of halogens is 2. The highest BCUT2D eigenvalue weighted by Gasteiger charge is 2.13. The van der Waals surface area contributed by atoms with Crippen LogP contribution in [-0.4, -0.2) is 17.1 Å².